The molecule has 0 amide bonds. The molecule has 106 valence electrons. The molecule has 0 saturated heterocycles. The standard InChI is InChI=1S/C19H25N/c1-2-20-18-11-5-7-15(14-18)13-17-10-6-9-16-8-3-4-12-19(16)17/h3-4,6,8-10,12,15,18,20H,2,5,7,11,13-14H2,1H3. The van der Waals surface area contributed by atoms with Gasteiger partial charge in [-0.15, -0.1) is 0 Å². The zero-order valence-electron chi connectivity index (χ0n) is 12.4. The van der Waals surface area contributed by atoms with Crippen LogP contribution in [0.5, 0.6) is 0 Å². The van der Waals surface area contributed by atoms with Crippen LogP contribution in [0.2, 0.25) is 0 Å². The molecule has 1 aliphatic carbocycles. The minimum Gasteiger partial charge on any atom is -0.314 e. The van der Waals surface area contributed by atoms with Gasteiger partial charge in [-0.3, -0.25) is 0 Å². The summed E-state index contributed by atoms with van der Waals surface area (Å²) in [5.41, 5.74) is 1.53. The van der Waals surface area contributed by atoms with E-state index < -0.39 is 0 Å². The summed E-state index contributed by atoms with van der Waals surface area (Å²) in [6.45, 7) is 3.32. The molecule has 0 radical (unpaired) electrons. The van der Waals surface area contributed by atoms with Crippen LogP contribution in [-0.2, 0) is 6.42 Å². The van der Waals surface area contributed by atoms with Gasteiger partial charge in [0.15, 0.2) is 0 Å². The number of fused-ring (bicyclic) bond motifs is 1. The van der Waals surface area contributed by atoms with E-state index in [1.165, 1.54) is 48.4 Å². The Kier molecular flexibility index (Phi) is 4.37. The maximum atomic E-state index is 3.64. The van der Waals surface area contributed by atoms with E-state index in [-0.39, 0.29) is 0 Å². The minimum absolute atomic E-state index is 0.744. The predicted molar refractivity (Wildman–Crippen MR) is 87.1 cm³/mol. The molecule has 0 heterocycles. The van der Waals surface area contributed by atoms with E-state index >= 15 is 0 Å². The summed E-state index contributed by atoms with van der Waals surface area (Å²) in [6.07, 6.45) is 6.72. The smallest absolute Gasteiger partial charge is 0.00697 e. The van der Waals surface area contributed by atoms with Gasteiger partial charge in [0.25, 0.3) is 0 Å². The van der Waals surface area contributed by atoms with Crippen LogP contribution in [-0.4, -0.2) is 12.6 Å². The number of hydrogen-bond acceptors (Lipinski definition) is 1. The highest BCUT2D eigenvalue weighted by atomic mass is 14.9. The quantitative estimate of drug-likeness (QED) is 0.857. The molecule has 20 heavy (non-hydrogen) atoms. The van der Waals surface area contributed by atoms with Crippen molar-refractivity contribution in [1.82, 2.24) is 5.32 Å². The van der Waals surface area contributed by atoms with E-state index in [2.05, 4.69) is 54.7 Å². The Balaban J connectivity index is 1.76. The van der Waals surface area contributed by atoms with Crippen molar-refractivity contribution in [1.29, 1.82) is 0 Å². The lowest BCUT2D eigenvalue weighted by molar-refractivity contribution is 0.287. The van der Waals surface area contributed by atoms with Crippen molar-refractivity contribution in [3.8, 4) is 0 Å². The minimum atomic E-state index is 0.744. The monoisotopic (exact) mass is 267 g/mol. The lowest BCUT2D eigenvalue weighted by Gasteiger charge is -2.30. The summed E-state index contributed by atoms with van der Waals surface area (Å²) in [5.74, 6) is 0.846. The molecule has 1 nitrogen and oxygen atoms in total. The third kappa shape index (κ3) is 3.04. The fraction of sp³-hybridized carbons (Fsp3) is 0.474. The fourth-order valence-electron chi connectivity index (χ4n) is 3.73. The summed E-state index contributed by atoms with van der Waals surface area (Å²) >= 11 is 0. The molecule has 2 unspecified atom stereocenters. The first-order valence-corrected chi connectivity index (χ1v) is 8.07. The first kappa shape index (κ1) is 13.6. The third-order valence-corrected chi connectivity index (χ3v) is 4.66. The first-order valence-electron chi connectivity index (χ1n) is 8.07. The number of rotatable bonds is 4. The lowest BCUT2D eigenvalue weighted by Crippen LogP contribution is -2.34. The Hall–Kier alpha value is -1.34. The van der Waals surface area contributed by atoms with Crippen LogP contribution in [0, 0.1) is 5.92 Å². The maximum Gasteiger partial charge on any atom is 0.00697 e. The van der Waals surface area contributed by atoms with Crippen LogP contribution in [0.25, 0.3) is 10.8 Å². The summed E-state index contributed by atoms with van der Waals surface area (Å²) < 4.78 is 0. The van der Waals surface area contributed by atoms with Crippen LogP contribution in [0.3, 0.4) is 0 Å². The van der Waals surface area contributed by atoms with Crippen molar-refractivity contribution in [2.24, 2.45) is 5.92 Å². The van der Waals surface area contributed by atoms with E-state index in [9.17, 15) is 0 Å². The Morgan fingerprint density at radius 2 is 1.90 bits per heavy atom. The summed E-state index contributed by atoms with van der Waals surface area (Å²) in [6, 6.07) is 16.3. The molecule has 1 saturated carbocycles. The highest BCUT2D eigenvalue weighted by molar-refractivity contribution is 5.85. The number of benzene rings is 2. The van der Waals surface area contributed by atoms with Crippen LogP contribution >= 0.6 is 0 Å². The molecule has 2 aromatic rings. The maximum absolute atomic E-state index is 3.64. The molecule has 0 aromatic heterocycles. The normalized spacial score (nSPS) is 23.1. The first-order chi connectivity index (χ1) is 9.86. The zero-order chi connectivity index (χ0) is 13.8. The number of hydrogen-bond donors (Lipinski definition) is 1. The van der Waals surface area contributed by atoms with Crippen LogP contribution in [0.1, 0.15) is 38.2 Å². The topological polar surface area (TPSA) is 12.0 Å². The molecule has 1 heteroatoms. The Morgan fingerprint density at radius 3 is 2.80 bits per heavy atom. The molecular formula is C19H25N. The molecule has 0 spiro atoms. The zero-order valence-corrected chi connectivity index (χ0v) is 12.4. The summed E-state index contributed by atoms with van der Waals surface area (Å²) in [7, 11) is 0. The molecular weight excluding hydrogens is 242 g/mol. The van der Waals surface area contributed by atoms with Crippen molar-refractivity contribution >= 4 is 10.8 Å². The van der Waals surface area contributed by atoms with Crippen molar-refractivity contribution in [3.63, 3.8) is 0 Å². The van der Waals surface area contributed by atoms with Crippen molar-refractivity contribution in [2.75, 3.05) is 6.54 Å². The second-order valence-electron chi connectivity index (χ2n) is 6.13. The number of nitrogens with one attached hydrogen (secondary N) is 1. The largest absolute Gasteiger partial charge is 0.314 e. The molecule has 1 N–H and O–H groups in total. The molecule has 1 fully saturated rings. The van der Waals surface area contributed by atoms with Crippen molar-refractivity contribution in [2.45, 2.75) is 45.1 Å². The Morgan fingerprint density at radius 1 is 1.05 bits per heavy atom. The van der Waals surface area contributed by atoms with Gasteiger partial charge in [-0.1, -0.05) is 62.2 Å². The average molecular weight is 267 g/mol. The van der Waals surface area contributed by atoms with Gasteiger partial charge in [-0.05, 0) is 48.1 Å². The third-order valence-electron chi connectivity index (χ3n) is 4.66. The molecule has 0 bridgehead atoms. The van der Waals surface area contributed by atoms with Gasteiger partial charge in [-0.2, -0.15) is 0 Å². The van der Waals surface area contributed by atoms with E-state index in [0.29, 0.717) is 0 Å². The Bertz CT molecular complexity index is 553. The molecule has 3 rings (SSSR count). The molecule has 2 aromatic carbocycles. The molecule has 1 aliphatic rings. The van der Waals surface area contributed by atoms with Gasteiger partial charge >= 0.3 is 0 Å². The van der Waals surface area contributed by atoms with Crippen molar-refractivity contribution < 1.29 is 0 Å². The Labute approximate surface area is 122 Å². The van der Waals surface area contributed by atoms with Gasteiger partial charge in [-0.25, -0.2) is 0 Å². The highest BCUT2D eigenvalue weighted by Crippen LogP contribution is 2.29. The summed E-state index contributed by atoms with van der Waals surface area (Å²) in [4.78, 5) is 0. The molecule has 0 aliphatic heterocycles. The van der Waals surface area contributed by atoms with Crippen LogP contribution in [0.15, 0.2) is 42.5 Å². The predicted octanol–water partition coefficient (Wildman–Crippen LogP) is 4.55. The lowest BCUT2D eigenvalue weighted by atomic mass is 9.81. The van der Waals surface area contributed by atoms with Gasteiger partial charge in [0.2, 0.25) is 0 Å². The second kappa shape index (κ2) is 6.41. The van der Waals surface area contributed by atoms with Gasteiger partial charge in [0.1, 0.15) is 0 Å². The molecule has 2 atom stereocenters. The van der Waals surface area contributed by atoms with E-state index in [1.54, 1.807) is 0 Å². The van der Waals surface area contributed by atoms with Gasteiger partial charge in [0.05, 0.1) is 0 Å². The van der Waals surface area contributed by atoms with E-state index in [4.69, 9.17) is 0 Å². The average Bonchev–Trinajstić information content (AvgIpc) is 2.48. The van der Waals surface area contributed by atoms with Crippen LogP contribution < -0.4 is 5.32 Å². The van der Waals surface area contributed by atoms with E-state index in [0.717, 1.165) is 18.5 Å². The van der Waals surface area contributed by atoms with Crippen LogP contribution in [0.4, 0.5) is 0 Å². The van der Waals surface area contributed by atoms with E-state index in [1.807, 2.05) is 0 Å². The SMILES string of the molecule is CCNC1CCCC(Cc2cccc3ccccc23)C1. The second-order valence-corrected chi connectivity index (χ2v) is 6.13. The van der Waals surface area contributed by atoms with Gasteiger partial charge < -0.3 is 5.32 Å². The summed E-state index contributed by atoms with van der Waals surface area (Å²) in [5, 5.41) is 6.46. The van der Waals surface area contributed by atoms with Gasteiger partial charge in [0, 0.05) is 6.04 Å². The fourth-order valence-corrected chi connectivity index (χ4v) is 3.73. The van der Waals surface area contributed by atoms with Crippen molar-refractivity contribution in [3.05, 3.63) is 48.0 Å². The highest BCUT2D eigenvalue weighted by Gasteiger charge is 2.21.